The van der Waals surface area contributed by atoms with E-state index in [-0.39, 0.29) is 0 Å². The van der Waals surface area contributed by atoms with Gasteiger partial charge < -0.3 is 4.57 Å². The van der Waals surface area contributed by atoms with Crippen molar-refractivity contribution in [2.75, 3.05) is 0 Å². The monoisotopic (exact) mass is 205 g/mol. The summed E-state index contributed by atoms with van der Waals surface area (Å²) in [4.78, 5) is 5.73. The summed E-state index contributed by atoms with van der Waals surface area (Å²) >= 11 is 0. The third-order valence-corrected chi connectivity index (χ3v) is 2.30. The smallest absolute Gasteiger partial charge is 0.0945 e. The highest BCUT2D eigenvalue weighted by Crippen LogP contribution is 2.00. The predicted molar refractivity (Wildman–Crippen MR) is 56.1 cm³/mol. The van der Waals surface area contributed by atoms with Gasteiger partial charge in [0.25, 0.3) is 0 Å². The second-order valence-electron chi connectivity index (χ2n) is 3.49. The number of nitrogens with zero attached hydrogens (tertiary/aromatic N) is 5. The first kappa shape index (κ1) is 9.89. The van der Waals surface area contributed by atoms with Gasteiger partial charge in [-0.3, -0.25) is 0 Å². The number of aryl methyl sites for hydroxylation is 2. The highest BCUT2D eigenvalue weighted by molar-refractivity contribution is 4.73. The highest BCUT2D eigenvalue weighted by Gasteiger charge is 1.93. The van der Waals surface area contributed by atoms with Crippen molar-refractivity contribution in [3.63, 3.8) is 0 Å². The summed E-state index contributed by atoms with van der Waals surface area (Å²) in [5, 5.41) is 8.11. The Kier molecular flexibility index (Phi) is 3.48. The molecule has 5 nitrogen and oxygen atoms in total. The molecule has 0 fully saturated rings. The Bertz CT molecular complexity index is 315. The Balaban J connectivity index is 1.56. The standard InChI is InChI=1S/C10H15N5/c1(2-7-14-9-6-11-10-14)3-8-15-12-4-5-13-15/h4-6,9-10H,1-3,7-8H2. The van der Waals surface area contributed by atoms with Crippen molar-refractivity contribution in [1.29, 1.82) is 0 Å². The molecule has 0 aromatic carbocycles. The van der Waals surface area contributed by atoms with Crippen molar-refractivity contribution in [2.45, 2.75) is 32.4 Å². The summed E-state index contributed by atoms with van der Waals surface area (Å²) < 4.78 is 2.10. The lowest BCUT2D eigenvalue weighted by Crippen LogP contribution is -2.02. The van der Waals surface area contributed by atoms with Crippen LogP contribution in [0.2, 0.25) is 0 Å². The lowest BCUT2D eigenvalue weighted by atomic mass is 10.2. The zero-order valence-corrected chi connectivity index (χ0v) is 8.66. The van der Waals surface area contributed by atoms with Crippen molar-refractivity contribution in [3.05, 3.63) is 31.1 Å². The largest absolute Gasteiger partial charge is 0.337 e. The van der Waals surface area contributed by atoms with Gasteiger partial charge in [0.15, 0.2) is 0 Å². The van der Waals surface area contributed by atoms with E-state index in [1.54, 1.807) is 17.2 Å². The molecule has 0 aliphatic rings. The number of hydrogen-bond acceptors (Lipinski definition) is 3. The lowest BCUT2D eigenvalue weighted by molar-refractivity contribution is 0.479. The van der Waals surface area contributed by atoms with Gasteiger partial charge >= 0.3 is 0 Å². The fourth-order valence-electron chi connectivity index (χ4n) is 1.50. The second kappa shape index (κ2) is 5.29. The fourth-order valence-corrected chi connectivity index (χ4v) is 1.50. The summed E-state index contributed by atoms with van der Waals surface area (Å²) in [5.74, 6) is 0. The van der Waals surface area contributed by atoms with Gasteiger partial charge in [-0.15, -0.1) is 0 Å². The Hall–Kier alpha value is -1.65. The summed E-state index contributed by atoms with van der Waals surface area (Å²) in [6.07, 6.45) is 12.6. The van der Waals surface area contributed by atoms with Gasteiger partial charge in [0.05, 0.1) is 25.3 Å². The molecule has 0 bridgehead atoms. The number of hydrogen-bond donors (Lipinski definition) is 0. The molecule has 2 heterocycles. The van der Waals surface area contributed by atoms with Crippen LogP contribution in [0.4, 0.5) is 0 Å². The molecule has 0 aliphatic heterocycles. The second-order valence-corrected chi connectivity index (χ2v) is 3.49. The first-order valence-electron chi connectivity index (χ1n) is 5.25. The summed E-state index contributed by atoms with van der Waals surface area (Å²) in [6.45, 7) is 1.96. The minimum Gasteiger partial charge on any atom is -0.337 e. The molecule has 0 saturated carbocycles. The fraction of sp³-hybridized carbons (Fsp3) is 0.500. The Labute approximate surface area is 88.7 Å². The quantitative estimate of drug-likeness (QED) is 0.669. The summed E-state index contributed by atoms with van der Waals surface area (Å²) in [5.41, 5.74) is 0. The van der Waals surface area contributed by atoms with Gasteiger partial charge in [-0.25, -0.2) is 4.98 Å². The maximum Gasteiger partial charge on any atom is 0.0945 e. The van der Waals surface area contributed by atoms with Gasteiger partial charge in [0, 0.05) is 18.9 Å². The van der Waals surface area contributed by atoms with Crippen LogP contribution in [-0.4, -0.2) is 24.5 Å². The average molecular weight is 205 g/mol. The molecule has 0 unspecified atom stereocenters. The van der Waals surface area contributed by atoms with Crippen molar-refractivity contribution in [1.82, 2.24) is 24.5 Å². The normalized spacial score (nSPS) is 10.7. The average Bonchev–Trinajstić information content (AvgIpc) is 2.88. The van der Waals surface area contributed by atoms with Crippen LogP contribution >= 0.6 is 0 Å². The third-order valence-electron chi connectivity index (χ3n) is 2.30. The van der Waals surface area contributed by atoms with Gasteiger partial charge in [0.1, 0.15) is 0 Å². The Morgan fingerprint density at radius 1 is 0.867 bits per heavy atom. The summed E-state index contributed by atoms with van der Waals surface area (Å²) in [6, 6.07) is 0. The van der Waals surface area contributed by atoms with Gasteiger partial charge in [-0.2, -0.15) is 15.0 Å². The van der Waals surface area contributed by atoms with Gasteiger partial charge in [0.2, 0.25) is 0 Å². The Morgan fingerprint density at radius 3 is 2.40 bits per heavy atom. The minimum atomic E-state index is 0.914. The molecule has 2 aromatic heterocycles. The van der Waals surface area contributed by atoms with E-state index in [0.717, 1.165) is 19.5 Å². The lowest BCUT2D eigenvalue weighted by Gasteiger charge is -2.02. The van der Waals surface area contributed by atoms with Crippen LogP contribution in [-0.2, 0) is 13.1 Å². The molecule has 80 valence electrons. The van der Waals surface area contributed by atoms with Crippen molar-refractivity contribution >= 4 is 0 Å². The predicted octanol–water partition coefficient (Wildman–Crippen LogP) is 1.35. The highest BCUT2D eigenvalue weighted by atomic mass is 15.5. The van der Waals surface area contributed by atoms with E-state index in [2.05, 4.69) is 19.7 Å². The van der Waals surface area contributed by atoms with Crippen LogP contribution in [0.5, 0.6) is 0 Å². The zero-order chi connectivity index (χ0) is 10.3. The molecule has 5 heteroatoms. The van der Waals surface area contributed by atoms with E-state index in [0.29, 0.717) is 0 Å². The SMILES string of the molecule is c1cn(CCCCCn2nccn2)cn1. The molecule has 2 aromatic rings. The first-order chi connectivity index (χ1) is 7.45. The number of unbranched alkanes of at least 4 members (excludes halogenated alkanes) is 2. The molecule has 0 saturated heterocycles. The van der Waals surface area contributed by atoms with Crippen LogP contribution in [0.3, 0.4) is 0 Å². The molecule has 0 spiro atoms. The van der Waals surface area contributed by atoms with Crippen molar-refractivity contribution < 1.29 is 0 Å². The van der Waals surface area contributed by atoms with Crippen LogP contribution in [0.1, 0.15) is 19.3 Å². The molecular formula is C10H15N5. The Morgan fingerprint density at radius 2 is 1.67 bits per heavy atom. The van der Waals surface area contributed by atoms with Crippen LogP contribution < -0.4 is 0 Å². The minimum absolute atomic E-state index is 0.914. The molecule has 0 N–H and O–H groups in total. The number of rotatable bonds is 6. The maximum absolute atomic E-state index is 4.05. The molecule has 0 aliphatic carbocycles. The van der Waals surface area contributed by atoms with Crippen molar-refractivity contribution in [3.8, 4) is 0 Å². The van der Waals surface area contributed by atoms with E-state index in [9.17, 15) is 0 Å². The third kappa shape index (κ3) is 3.19. The number of imidazole rings is 1. The molecule has 15 heavy (non-hydrogen) atoms. The zero-order valence-electron chi connectivity index (χ0n) is 8.66. The molecule has 0 amide bonds. The van der Waals surface area contributed by atoms with E-state index in [1.807, 2.05) is 18.7 Å². The number of aromatic nitrogens is 5. The van der Waals surface area contributed by atoms with Crippen LogP contribution in [0, 0.1) is 0 Å². The van der Waals surface area contributed by atoms with E-state index in [4.69, 9.17) is 0 Å². The van der Waals surface area contributed by atoms with Crippen molar-refractivity contribution in [2.24, 2.45) is 0 Å². The van der Waals surface area contributed by atoms with E-state index < -0.39 is 0 Å². The maximum atomic E-state index is 4.05. The van der Waals surface area contributed by atoms with Crippen LogP contribution in [0.15, 0.2) is 31.1 Å². The van der Waals surface area contributed by atoms with Gasteiger partial charge in [-0.1, -0.05) is 0 Å². The molecule has 0 atom stereocenters. The molecular weight excluding hydrogens is 190 g/mol. The molecule has 0 radical (unpaired) electrons. The van der Waals surface area contributed by atoms with E-state index >= 15 is 0 Å². The summed E-state index contributed by atoms with van der Waals surface area (Å²) in [7, 11) is 0. The topological polar surface area (TPSA) is 48.5 Å². The van der Waals surface area contributed by atoms with E-state index in [1.165, 1.54) is 12.8 Å². The first-order valence-corrected chi connectivity index (χ1v) is 5.25. The van der Waals surface area contributed by atoms with Crippen LogP contribution in [0.25, 0.3) is 0 Å². The molecule has 2 rings (SSSR count). The van der Waals surface area contributed by atoms with Gasteiger partial charge in [-0.05, 0) is 19.3 Å².